The Kier molecular flexibility index (Phi) is 7.83. The van der Waals surface area contributed by atoms with Gasteiger partial charge in [-0.05, 0) is 50.6 Å². The molecule has 2 heterocycles. The lowest BCUT2D eigenvalue weighted by atomic mass is 9.92. The van der Waals surface area contributed by atoms with Crippen molar-refractivity contribution in [3.8, 4) is 5.75 Å². The maximum Gasteiger partial charge on any atom is 0.246 e. The quantitative estimate of drug-likeness (QED) is 0.682. The number of halogens is 1. The maximum absolute atomic E-state index is 12.4. The fraction of sp³-hybridized carbons (Fsp3) is 0.421. The number of benzene rings is 1. The third-order valence-corrected chi connectivity index (χ3v) is 4.57. The summed E-state index contributed by atoms with van der Waals surface area (Å²) in [6, 6.07) is 7.44. The van der Waals surface area contributed by atoms with Crippen molar-refractivity contribution in [1.29, 1.82) is 0 Å². The fourth-order valence-corrected chi connectivity index (χ4v) is 3.15. The number of anilines is 2. The molecule has 2 aromatic rings. The first kappa shape index (κ1) is 21.7. The fourth-order valence-electron chi connectivity index (χ4n) is 3.15. The molecular weight excluding hydrogens is 382 g/mol. The van der Waals surface area contributed by atoms with Gasteiger partial charge in [-0.2, -0.15) is 5.10 Å². The third kappa shape index (κ3) is 5.97. The van der Waals surface area contributed by atoms with Gasteiger partial charge < -0.3 is 20.7 Å². The Bertz CT molecular complexity index is 793. The Morgan fingerprint density at radius 3 is 2.68 bits per heavy atom. The number of methoxy groups -OCH3 is 1. The number of carbonyl (C=O) groups is 2. The van der Waals surface area contributed by atoms with E-state index in [0.29, 0.717) is 17.4 Å². The first-order valence-electron chi connectivity index (χ1n) is 9.04. The number of aromatic nitrogens is 2. The van der Waals surface area contributed by atoms with Crippen molar-refractivity contribution < 1.29 is 14.3 Å². The van der Waals surface area contributed by atoms with E-state index >= 15 is 0 Å². The Hall–Kier alpha value is -2.58. The minimum Gasteiger partial charge on any atom is -0.497 e. The van der Waals surface area contributed by atoms with Crippen molar-refractivity contribution in [3.05, 3.63) is 36.7 Å². The number of nitrogens with zero attached hydrogens (tertiary/aromatic N) is 2. The molecule has 28 heavy (non-hydrogen) atoms. The van der Waals surface area contributed by atoms with E-state index in [1.807, 2.05) is 0 Å². The summed E-state index contributed by atoms with van der Waals surface area (Å²) in [5.74, 6) is 0.533. The van der Waals surface area contributed by atoms with Crippen LogP contribution in [-0.4, -0.2) is 41.3 Å². The van der Waals surface area contributed by atoms with Crippen molar-refractivity contribution in [2.24, 2.45) is 5.92 Å². The number of rotatable bonds is 6. The number of ether oxygens (including phenoxy) is 1. The van der Waals surface area contributed by atoms with Gasteiger partial charge in [-0.25, -0.2) is 0 Å². The van der Waals surface area contributed by atoms with Crippen molar-refractivity contribution in [2.45, 2.75) is 32.4 Å². The molecule has 8 nitrogen and oxygen atoms in total. The standard InChI is InChI=1S/C19H25N5O3.ClH/c1-13-9-14(7-8-20-13)19(26)23-16-10-21-24(11-16)12-18(25)22-15-3-5-17(27-2)6-4-15;/h3-6,10-11,13-14,20H,7-9,12H2,1-2H3,(H,22,25)(H,23,26);1H/t13-,14-;/m0./s1. The minimum atomic E-state index is -0.201. The summed E-state index contributed by atoms with van der Waals surface area (Å²) in [6.45, 7) is 3.00. The van der Waals surface area contributed by atoms with Gasteiger partial charge in [0.05, 0.1) is 19.0 Å². The largest absolute Gasteiger partial charge is 0.497 e. The lowest BCUT2D eigenvalue weighted by Gasteiger charge is -2.26. The van der Waals surface area contributed by atoms with Crippen LogP contribution in [-0.2, 0) is 16.1 Å². The van der Waals surface area contributed by atoms with E-state index < -0.39 is 0 Å². The number of nitrogens with one attached hydrogen (secondary N) is 3. The van der Waals surface area contributed by atoms with Gasteiger partial charge in [0, 0.05) is 23.8 Å². The number of carbonyl (C=O) groups excluding carboxylic acids is 2. The molecule has 3 rings (SSSR count). The van der Waals surface area contributed by atoms with Gasteiger partial charge in [-0.1, -0.05) is 0 Å². The van der Waals surface area contributed by atoms with Crippen LogP contribution in [0.2, 0.25) is 0 Å². The van der Waals surface area contributed by atoms with Gasteiger partial charge in [-0.3, -0.25) is 14.3 Å². The Morgan fingerprint density at radius 1 is 1.25 bits per heavy atom. The molecule has 0 aliphatic carbocycles. The molecular formula is C19H26ClN5O3. The second-order valence-corrected chi connectivity index (χ2v) is 6.77. The van der Waals surface area contributed by atoms with Crippen molar-refractivity contribution in [2.75, 3.05) is 24.3 Å². The Morgan fingerprint density at radius 2 is 2.00 bits per heavy atom. The lowest BCUT2D eigenvalue weighted by molar-refractivity contribution is -0.121. The van der Waals surface area contributed by atoms with Gasteiger partial charge >= 0.3 is 0 Å². The van der Waals surface area contributed by atoms with Crippen LogP contribution in [0.5, 0.6) is 5.75 Å². The summed E-state index contributed by atoms with van der Waals surface area (Å²) in [4.78, 5) is 24.5. The Balaban J connectivity index is 0.00000280. The molecule has 1 aromatic carbocycles. The molecule has 1 fully saturated rings. The molecule has 1 aromatic heterocycles. The number of hydrogen-bond donors (Lipinski definition) is 3. The van der Waals surface area contributed by atoms with E-state index in [-0.39, 0.29) is 36.7 Å². The SMILES string of the molecule is COc1ccc(NC(=O)Cn2cc(NC(=O)[C@H]3CCN[C@@H](C)C3)cn2)cc1.Cl. The van der Waals surface area contributed by atoms with Gasteiger partial charge in [0.2, 0.25) is 11.8 Å². The first-order chi connectivity index (χ1) is 13.0. The number of amides is 2. The highest BCUT2D eigenvalue weighted by Crippen LogP contribution is 2.19. The van der Waals surface area contributed by atoms with Crippen LogP contribution < -0.4 is 20.7 Å². The number of hydrogen-bond acceptors (Lipinski definition) is 5. The molecule has 2 atom stereocenters. The van der Waals surface area contributed by atoms with Crippen LogP contribution in [0.1, 0.15) is 19.8 Å². The monoisotopic (exact) mass is 407 g/mol. The summed E-state index contributed by atoms with van der Waals surface area (Å²) in [7, 11) is 1.59. The molecule has 2 amide bonds. The molecule has 0 saturated carbocycles. The van der Waals surface area contributed by atoms with Gasteiger partial charge in [-0.15, -0.1) is 12.4 Å². The van der Waals surface area contributed by atoms with Crippen molar-refractivity contribution in [3.63, 3.8) is 0 Å². The molecule has 1 saturated heterocycles. The zero-order valence-electron chi connectivity index (χ0n) is 16.0. The van der Waals surface area contributed by atoms with Gasteiger partial charge in [0.1, 0.15) is 12.3 Å². The first-order valence-corrected chi connectivity index (χ1v) is 9.04. The lowest BCUT2D eigenvalue weighted by Crippen LogP contribution is -2.40. The minimum absolute atomic E-state index is 0. The zero-order valence-corrected chi connectivity index (χ0v) is 16.8. The molecule has 1 aliphatic rings. The topological polar surface area (TPSA) is 97.3 Å². The van der Waals surface area contributed by atoms with Crippen molar-refractivity contribution in [1.82, 2.24) is 15.1 Å². The molecule has 0 spiro atoms. The Labute approximate surface area is 170 Å². The van der Waals surface area contributed by atoms with Crippen LogP contribution >= 0.6 is 12.4 Å². The van der Waals surface area contributed by atoms with E-state index in [1.54, 1.807) is 43.8 Å². The smallest absolute Gasteiger partial charge is 0.246 e. The average molecular weight is 408 g/mol. The highest BCUT2D eigenvalue weighted by atomic mass is 35.5. The predicted molar refractivity (Wildman–Crippen MR) is 110 cm³/mol. The normalized spacial score (nSPS) is 18.6. The maximum atomic E-state index is 12.4. The molecule has 152 valence electrons. The molecule has 3 N–H and O–H groups in total. The second-order valence-electron chi connectivity index (χ2n) is 6.77. The zero-order chi connectivity index (χ0) is 19.2. The van der Waals surface area contributed by atoms with E-state index in [2.05, 4.69) is 28.0 Å². The molecule has 0 bridgehead atoms. The molecule has 1 aliphatic heterocycles. The summed E-state index contributed by atoms with van der Waals surface area (Å²) >= 11 is 0. The summed E-state index contributed by atoms with van der Waals surface area (Å²) < 4.78 is 6.59. The highest BCUT2D eigenvalue weighted by molar-refractivity contribution is 5.93. The van der Waals surface area contributed by atoms with E-state index in [0.717, 1.165) is 25.1 Å². The average Bonchev–Trinajstić information content (AvgIpc) is 3.09. The van der Waals surface area contributed by atoms with E-state index in [1.165, 1.54) is 4.68 Å². The van der Waals surface area contributed by atoms with Crippen molar-refractivity contribution >= 4 is 35.6 Å². The second kappa shape index (κ2) is 10.1. The van der Waals surface area contributed by atoms with E-state index in [9.17, 15) is 9.59 Å². The van der Waals surface area contributed by atoms with Crippen LogP contribution in [0.4, 0.5) is 11.4 Å². The van der Waals surface area contributed by atoms with Gasteiger partial charge in [0.25, 0.3) is 0 Å². The summed E-state index contributed by atoms with van der Waals surface area (Å²) in [5, 5.41) is 13.2. The van der Waals surface area contributed by atoms with Crippen LogP contribution in [0.15, 0.2) is 36.7 Å². The number of piperidine rings is 1. The predicted octanol–water partition coefficient (Wildman–Crippen LogP) is 2.28. The molecule has 0 radical (unpaired) electrons. The van der Waals surface area contributed by atoms with Crippen LogP contribution in [0, 0.1) is 5.92 Å². The van der Waals surface area contributed by atoms with Crippen LogP contribution in [0.3, 0.4) is 0 Å². The van der Waals surface area contributed by atoms with E-state index in [4.69, 9.17) is 4.74 Å². The van der Waals surface area contributed by atoms with Crippen LogP contribution in [0.25, 0.3) is 0 Å². The third-order valence-electron chi connectivity index (χ3n) is 4.57. The molecule has 0 unspecified atom stereocenters. The summed E-state index contributed by atoms with van der Waals surface area (Å²) in [5.41, 5.74) is 1.28. The highest BCUT2D eigenvalue weighted by Gasteiger charge is 2.24. The van der Waals surface area contributed by atoms with Gasteiger partial charge in [0.15, 0.2) is 0 Å². The molecule has 9 heteroatoms. The summed E-state index contributed by atoms with van der Waals surface area (Å²) in [6.07, 6.45) is 4.87.